The minimum Gasteiger partial charge on any atom is -0.477 e. The molecule has 0 saturated carbocycles. The molecule has 0 radical (unpaired) electrons. The van der Waals surface area contributed by atoms with E-state index in [0.717, 1.165) is 18.4 Å². The number of esters is 1. The van der Waals surface area contributed by atoms with E-state index in [1.54, 1.807) is 0 Å². The zero-order valence-electron chi connectivity index (χ0n) is 9.54. The van der Waals surface area contributed by atoms with Crippen molar-refractivity contribution in [2.75, 3.05) is 7.11 Å². The summed E-state index contributed by atoms with van der Waals surface area (Å²) in [4.78, 5) is 21.3. The third-order valence-corrected chi connectivity index (χ3v) is 4.61. The molecular weight excluding hydrogens is 282 g/mol. The Hall–Kier alpha value is -1.45. The van der Waals surface area contributed by atoms with Gasteiger partial charge in [-0.1, -0.05) is 0 Å². The third kappa shape index (κ3) is 3.06. The average molecular weight is 293 g/mol. The van der Waals surface area contributed by atoms with E-state index >= 15 is 0 Å². The summed E-state index contributed by atoms with van der Waals surface area (Å²) in [6.07, 6.45) is 0. The Kier molecular flexibility index (Phi) is 4.43. The standard InChI is InChI=1S/C9H11NO6S2/c1-5(9(13)16-2)10-18(14,15)6-3-4-17-7(6)8(11)12/h3-5,10H,1-2H3,(H,11,12)/t5-/m0/s1. The van der Waals surface area contributed by atoms with Crippen LogP contribution in [0.3, 0.4) is 0 Å². The van der Waals surface area contributed by atoms with Crippen LogP contribution >= 0.6 is 11.3 Å². The average Bonchev–Trinajstić information content (AvgIpc) is 2.76. The van der Waals surface area contributed by atoms with Gasteiger partial charge in [-0.25, -0.2) is 13.2 Å². The maximum Gasteiger partial charge on any atom is 0.347 e. The minimum absolute atomic E-state index is 0.306. The largest absolute Gasteiger partial charge is 0.477 e. The molecule has 1 atom stereocenters. The third-order valence-electron chi connectivity index (χ3n) is 2.00. The highest BCUT2D eigenvalue weighted by Gasteiger charge is 2.27. The van der Waals surface area contributed by atoms with E-state index in [2.05, 4.69) is 4.74 Å². The molecule has 1 rings (SSSR count). The van der Waals surface area contributed by atoms with Crippen molar-refractivity contribution in [1.82, 2.24) is 4.72 Å². The predicted octanol–water partition coefficient (Wildman–Crippen LogP) is 0.286. The fourth-order valence-corrected chi connectivity index (χ4v) is 3.64. The maximum atomic E-state index is 11.9. The van der Waals surface area contributed by atoms with Crippen molar-refractivity contribution < 1.29 is 27.9 Å². The van der Waals surface area contributed by atoms with Crippen molar-refractivity contribution >= 4 is 33.3 Å². The second-order valence-corrected chi connectivity index (χ2v) is 5.88. The smallest absolute Gasteiger partial charge is 0.347 e. The van der Waals surface area contributed by atoms with Crippen LogP contribution in [0.2, 0.25) is 0 Å². The Morgan fingerprint density at radius 2 is 2.11 bits per heavy atom. The highest BCUT2D eigenvalue weighted by Crippen LogP contribution is 2.21. The Labute approximate surface area is 107 Å². The first-order chi connectivity index (χ1) is 8.29. The van der Waals surface area contributed by atoms with Gasteiger partial charge in [-0.05, 0) is 18.4 Å². The van der Waals surface area contributed by atoms with Gasteiger partial charge >= 0.3 is 11.9 Å². The van der Waals surface area contributed by atoms with Crippen LogP contribution in [0, 0.1) is 0 Å². The second kappa shape index (κ2) is 5.46. The summed E-state index contributed by atoms with van der Waals surface area (Å²) >= 11 is 0.791. The van der Waals surface area contributed by atoms with Gasteiger partial charge in [0.05, 0.1) is 7.11 Å². The highest BCUT2D eigenvalue weighted by atomic mass is 32.2. The minimum atomic E-state index is -4.07. The van der Waals surface area contributed by atoms with Gasteiger partial charge in [0.15, 0.2) is 0 Å². The molecule has 0 aliphatic heterocycles. The molecule has 0 bridgehead atoms. The molecular formula is C9H11NO6S2. The van der Waals surface area contributed by atoms with E-state index in [-0.39, 0.29) is 9.77 Å². The van der Waals surface area contributed by atoms with E-state index in [1.165, 1.54) is 18.4 Å². The maximum absolute atomic E-state index is 11.9. The summed E-state index contributed by atoms with van der Waals surface area (Å²) in [6, 6.07) is 0.0713. The molecule has 0 aliphatic rings. The quantitative estimate of drug-likeness (QED) is 0.755. The molecule has 0 saturated heterocycles. The van der Waals surface area contributed by atoms with Gasteiger partial charge in [0.2, 0.25) is 10.0 Å². The summed E-state index contributed by atoms with van der Waals surface area (Å²) in [6.45, 7) is 1.30. The van der Waals surface area contributed by atoms with Crippen LogP contribution in [-0.2, 0) is 19.6 Å². The van der Waals surface area contributed by atoms with Crippen molar-refractivity contribution in [3.8, 4) is 0 Å². The fraction of sp³-hybridized carbons (Fsp3) is 0.333. The van der Waals surface area contributed by atoms with E-state index in [1.807, 2.05) is 4.72 Å². The number of carboxylic acids is 1. The number of hydrogen-bond donors (Lipinski definition) is 2. The monoisotopic (exact) mass is 293 g/mol. The molecule has 0 unspecified atom stereocenters. The normalized spacial score (nSPS) is 13.0. The number of aromatic carboxylic acids is 1. The lowest BCUT2D eigenvalue weighted by Gasteiger charge is -2.11. The topological polar surface area (TPSA) is 110 Å². The van der Waals surface area contributed by atoms with Crippen LogP contribution in [0.5, 0.6) is 0 Å². The van der Waals surface area contributed by atoms with E-state index < -0.39 is 28.0 Å². The fourth-order valence-electron chi connectivity index (χ4n) is 1.19. The SMILES string of the molecule is COC(=O)[C@H](C)NS(=O)(=O)c1ccsc1C(=O)O. The molecule has 0 amide bonds. The summed E-state index contributed by atoms with van der Waals surface area (Å²) in [5, 5.41) is 10.2. The van der Waals surface area contributed by atoms with Crippen LogP contribution in [0.15, 0.2) is 16.3 Å². The van der Waals surface area contributed by atoms with Crippen molar-refractivity contribution in [3.63, 3.8) is 0 Å². The summed E-state index contributed by atoms with van der Waals surface area (Å²) in [5.41, 5.74) is 0. The molecule has 100 valence electrons. The lowest BCUT2D eigenvalue weighted by atomic mass is 10.4. The van der Waals surface area contributed by atoms with Gasteiger partial charge in [-0.15, -0.1) is 11.3 Å². The molecule has 18 heavy (non-hydrogen) atoms. The zero-order valence-corrected chi connectivity index (χ0v) is 11.2. The summed E-state index contributed by atoms with van der Waals surface area (Å²) in [7, 11) is -2.94. The first kappa shape index (κ1) is 14.6. The number of rotatable bonds is 5. The van der Waals surface area contributed by atoms with Crippen LogP contribution in [-0.4, -0.2) is 38.6 Å². The lowest BCUT2D eigenvalue weighted by Crippen LogP contribution is -2.39. The Morgan fingerprint density at radius 1 is 1.50 bits per heavy atom. The van der Waals surface area contributed by atoms with Gasteiger partial charge in [-0.3, -0.25) is 4.79 Å². The van der Waals surface area contributed by atoms with Crippen molar-refractivity contribution in [3.05, 3.63) is 16.3 Å². The molecule has 2 N–H and O–H groups in total. The van der Waals surface area contributed by atoms with Crippen molar-refractivity contribution in [2.24, 2.45) is 0 Å². The first-order valence-electron chi connectivity index (χ1n) is 4.70. The van der Waals surface area contributed by atoms with Gasteiger partial charge in [0, 0.05) is 0 Å². The summed E-state index contributed by atoms with van der Waals surface area (Å²) < 4.78 is 30.2. The number of ether oxygens (including phenoxy) is 1. The molecule has 1 aromatic heterocycles. The Bertz CT molecular complexity index is 561. The van der Waals surface area contributed by atoms with Crippen LogP contribution in [0.25, 0.3) is 0 Å². The molecule has 0 aromatic carbocycles. The van der Waals surface area contributed by atoms with Crippen molar-refractivity contribution in [1.29, 1.82) is 0 Å². The molecule has 0 aliphatic carbocycles. The number of methoxy groups -OCH3 is 1. The molecule has 0 fully saturated rings. The molecule has 7 nitrogen and oxygen atoms in total. The molecule has 0 spiro atoms. The van der Waals surface area contributed by atoms with Crippen molar-refractivity contribution in [2.45, 2.75) is 17.9 Å². The number of nitrogens with one attached hydrogen (secondary N) is 1. The Morgan fingerprint density at radius 3 is 2.61 bits per heavy atom. The number of thiophene rings is 1. The number of sulfonamides is 1. The molecule has 9 heteroatoms. The summed E-state index contributed by atoms with van der Waals surface area (Å²) in [5.74, 6) is -2.10. The first-order valence-corrected chi connectivity index (χ1v) is 7.07. The van der Waals surface area contributed by atoms with E-state index in [4.69, 9.17) is 5.11 Å². The Balaban J connectivity index is 3.04. The van der Waals surface area contributed by atoms with Crippen LogP contribution in [0.4, 0.5) is 0 Å². The van der Waals surface area contributed by atoms with Crippen LogP contribution < -0.4 is 4.72 Å². The highest BCUT2D eigenvalue weighted by molar-refractivity contribution is 7.89. The second-order valence-electron chi connectivity index (χ2n) is 3.29. The zero-order chi connectivity index (χ0) is 13.9. The number of carbonyl (C=O) groups is 2. The van der Waals surface area contributed by atoms with E-state index in [9.17, 15) is 18.0 Å². The van der Waals surface area contributed by atoms with Gasteiger partial charge in [0.25, 0.3) is 0 Å². The molecule has 1 aromatic rings. The number of carbonyl (C=O) groups excluding carboxylic acids is 1. The van der Waals surface area contributed by atoms with Crippen LogP contribution in [0.1, 0.15) is 16.6 Å². The van der Waals surface area contributed by atoms with Gasteiger partial charge in [-0.2, -0.15) is 4.72 Å². The van der Waals surface area contributed by atoms with Gasteiger partial charge < -0.3 is 9.84 Å². The number of carboxylic acid groups (broad SMARTS) is 1. The lowest BCUT2D eigenvalue weighted by molar-refractivity contribution is -0.142. The van der Waals surface area contributed by atoms with E-state index in [0.29, 0.717) is 0 Å². The number of hydrogen-bond acceptors (Lipinski definition) is 6. The predicted molar refractivity (Wildman–Crippen MR) is 63.1 cm³/mol. The molecule has 1 heterocycles. The van der Waals surface area contributed by atoms with Gasteiger partial charge in [0.1, 0.15) is 15.8 Å².